The van der Waals surface area contributed by atoms with Crippen LogP contribution >= 0.6 is 11.6 Å². The first-order valence-electron chi connectivity index (χ1n) is 5.22. The molecule has 3 nitrogen and oxygen atoms in total. The Labute approximate surface area is 96.3 Å². The van der Waals surface area contributed by atoms with E-state index in [0.29, 0.717) is 11.0 Å². The van der Waals surface area contributed by atoms with Crippen LogP contribution in [0.25, 0.3) is 0 Å². The maximum Gasteiger partial charge on any atom is 0.134 e. The molecular formula is C11H18ClN3. The molecule has 0 unspecified atom stereocenters. The summed E-state index contributed by atoms with van der Waals surface area (Å²) in [5, 5.41) is 3.85. The van der Waals surface area contributed by atoms with Crippen molar-refractivity contribution in [1.29, 1.82) is 0 Å². The zero-order chi connectivity index (χ0) is 11.5. The highest BCUT2D eigenvalue weighted by Gasteiger charge is 2.16. The lowest BCUT2D eigenvalue weighted by molar-refractivity contribution is 0.509. The largest absolute Gasteiger partial charge is 0.365 e. The summed E-state index contributed by atoms with van der Waals surface area (Å²) in [5.74, 6) is 1.49. The van der Waals surface area contributed by atoms with Gasteiger partial charge in [-0.1, -0.05) is 24.9 Å². The monoisotopic (exact) mass is 227 g/mol. The van der Waals surface area contributed by atoms with E-state index in [1.165, 1.54) is 0 Å². The lowest BCUT2D eigenvalue weighted by atomic mass is 9.99. The van der Waals surface area contributed by atoms with Crippen LogP contribution in [0.4, 0.5) is 5.82 Å². The number of nitrogens with one attached hydrogen (secondary N) is 1. The van der Waals surface area contributed by atoms with Gasteiger partial charge in [-0.15, -0.1) is 0 Å². The fourth-order valence-corrected chi connectivity index (χ4v) is 1.86. The molecule has 0 saturated heterocycles. The van der Waals surface area contributed by atoms with Crippen LogP contribution in [0, 0.1) is 6.92 Å². The molecule has 0 bridgehead atoms. The van der Waals surface area contributed by atoms with Crippen LogP contribution in [-0.2, 0) is 0 Å². The minimum Gasteiger partial charge on any atom is -0.365 e. The van der Waals surface area contributed by atoms with Crippen LogP contribution < -0.4 is 5.32 Å². The van der Waals surface area contributed by atoms with Gasteiger partial charge in [0, 0.05) is 11.6 Å². The molecule has 0 fully saturated rings. The van der Waals surface area contributed by atoms with Gasteiger partial charge >= 0.3 is 0 Å². The Morgan fingerprint density at radius 3 is 2.60 bits per heavy atom. The molecule has 84 valence electrons. The van der Waals surface area contributed by atoms with Gasteiger partial charge in [0.15, 0.2) is 0 Å². The van der Waals surface area contributed by atoms with Gasteiger partial charge in [-0.25, -0.2) is 9.97 Å². The second-order valence-corrected chi connectivity index (χ2v) is 4.77. The summed E-state index contributed by atoms with van der Waals surface area (Å²) in [7, 11) is 0. The Morgan fingerprint density at radius 1 is 1.40 bits per heavy atom. The highest BCUT2D eigenvalue weighted by atomic mass is 35.5. The average Bonchev–Trinajstić information content (AvgIpc) is 1.99. The Morgan fingerprint density at radius 2 is 2.07 bits per heavy atom. The third kappa shape index (κ3) is 4.04. The molecule has 1 aromatic heterocycles. The highest BCUT2D eigenvalue weighted by Crippen LogP contribution is 2.19. The molecule has 0 aromatic carbocycles. The van der Waals surface area contributed by atoms with Crippen LogP contribution in [0.15, 0.2) is 6.07 Å². The van der Waals surface area contributed by atoms with Gasteiger partial charge < -0.3 is 5.32 Å². The van der Waals surface area contributed by atoms with Gasteiger partial charge in [-0.2, -0.15) is 0 Å². The SMILES string of the molecule is CCCC(C)(C)Nc1cc(Cl)nc(C)n1. The molecule has 0 aliphatic heterocycles. The molecule has 4 heteroatoms. The summed E-state index contributed by atoms with van der Waals surface area (Å²) in [5.41, 5.74) is 0.0405. The van der Waals surface area contributed by atoms with E-state index in [1.807, 2.05) is 6.92 Å². The number of hydrogen-bond donors (Lipinski definition) is 1. The van der Waals surface area contributed by atoms with Crippen LogP contribution in [0.3, 0.4) is 0 Å². The molecule has 0 aliphatic carbocycles. The fraction of sp³-hybridized carbons (Fsp3) is 0.636. The standard InChI is InChI=1S/C11H18ClN3/c1-5-6-11(3,4)15-10-7-9(12)13-8(2)14-10/h7H,5-6H2,1-4H3,(H,13,14,15). The second kappa shape index (κ2) is 4.79. The van der Waals surface area contributed by atoms with E-state index < -0.39 is 0 Å². The number of anilines is 1. The summed E-state index contributed by atoms with van der Waals surface area (Å²) in [6.07, 6.45) is 2.23. The summed E-state index contributed by atoms with van der Waals surface area (Å²) < 4.78 is 0. The number of aromatic nitrogens is 2. The van der Waals surface area contributed by atoms with Crippen molar-refractivity contribution in [2.24, 2.45) is 0 Å². The molecule has 1 rings (SSSR count). The Bertz CT molecular complexity index is 316. The molecule has 0 radical (unpaired) electrons. The number of hydrogen-bond acceptors (Lipinski definition) is 3. The van der Waals surface area contributed by atoms with E-state index in [9.17, 15) is 0 Å². The van der Waals surface area contributed by atoms with Gasteiger partial charge in [0.2, 0.25) is 0 Å². The molecule has 0 spiro atoms. The maximum atomic E-state index is 5.86. The van der Waals surface area contributed by atoms with Crippen LogP contribution in [-0.4, -0.2) is 15.5 Å². The van der Waals surface area contributed by atoms with Gasteiger partial charge in [0.25, 0.3) is 0 Å². The van der Waals surface area contributed by atoms with Crippen molar-refractivity contribution in [1.82, 2.24) is 9.97 Å². The zero-order valence-electron chi connectivity index (χ0n) is 9.76. The van der Waals surface area contributed by atoms with Gasteiger partial charge in [-0.3, -0.25) is 0 Å². The van der Waals surface area contributed by atoms with E-state index in [0.717, 1.165) is 18.7 Å². The van der Waals surface area contributed by atoms with Crippen molar-refractivity contribution in [3.05, 3.63) is 17.0 Å². The molecule has 0 amide bonds. The maximum absolute atomic E-state index is 5.86. The summed E-state index contributed by atoms with van der Waals surface area (Å²) in [6.45, 7) is 8.31. The minimum atomic E-state index is 0.0405. The normalized spacial score (nSPS) is 11.5. The molecular weight excluding hydrogens is 210 g/mol. The van der Waals surface area contributed by atoms with Gasteiger partial charge in [0.05, 0.1) is 0 Å². The lowest BCUT2D eigenvalue weighted by Crippen LogP contribution is -2.31. The Kier molecular flexibility index (Phi) is 3.91. The van der Waals surface area contributed by atoms with Crippen molar-refractivity contribution in [3.63, 3.8) is 0 Å². The van der Waals surface area contributed by atoms with Crippen LogP contribution in [0.1, 0.15) is 39.4 Å². The first-order chi connectivity index (χ1) is 6.93. The van der Waals surface area contributed by atoms with Crippen molar-refractivity contribution in [2.45, 2.75) is 46.1 Å². The number of nitrogens with zero attached hydrogens (tertiary/aromatic N) is 2. The van der Waals surface area contributed by atoms with Crippen molar-refractivity contribution in [3.8, 4) is 0 Å². The van der Waals surface area contributed by atoms with Crippen LogP contribution in [0.5, 0.6) is 0 Å². The third-order valence-corrected chi connectivity index (χ3v) is 2.34. The predicted octanol–water partition coefficient (Wildman–Crippen LogP) is 3.43. The quantitative estimate of drug-likeness (QED) is 0.801. The smallest absolute Gasteiger partial charge is 0.134 e. The van der Waals surface area contributed by atoms with Crippen LogP contribution in [0.2, 0.25) is 5.15 Å². The summed E-state index contributed by atoms with van der Waals surface area (Å²) >= 11 is 5.86. The molecule has 0 atom stereocenters. The van der Waals surface area contributed by atoms with E-state index in [4.69, 9.17) is 11.6 Å². The molecule has 0 aliphatic rings. The first kappa shape index (κ1) is 12.2. The van der Waals surface area contributed by atoms with Gasteiger partial charge in [-0.05, 0) is 27.2 Å². The lowest BCUT2D eigenvalue weighted by Gasteiger charge is -2.26. The van der Waals surface area contributed by atoms with E-state index in [-0.39, 0.29) is 5.54 Å². The second-order valence-electron chi connectivity index (χ2n) is 4.38. The summed E-state index contributed by atoms with van der Waals surface area (Å²) in [6, 6.07) is 1.76. The number of aryl methyl sites for hydroxylation is 1. The van der Waals surface area contributed by atoms with Crippen molar-refractivity contribution < 1.29 is 0 Å². The van der Waals surface area contributed by atoms with E-state index in [2.05, 4.69) is 36.1 Å². The molecule has 0 saturated carbocycles. The predicted molar refractivity (Wildman–Crippen MR) is 64.4 cm³/mol. The number of halogens is 1. The van der Waals surface area contributed by atoms with E-state index in [1.54, 1.807) is 6.07 Å². The van der Waals surface area contributed by atoms with Crippen molar-refractivity contribution in [2.75, 3.05) is 5.32 Å². The first-order valence-corrected chi connectivity index (χ1v) is 5.60. The fourth-order valence-electron chi connectivity index (χ4n) is 1.63. The van der Waals surface area contributed by atoms with Crippen molar-refractivity contribution >= 4 is 17.4 Å². The summed E-state index contributed by atoms with van der Waals surface area (Å²) in [4.78, 5) is 8.32. The number of rotatable bonds is 4. The molecule has 1 heterocycles. The zero-order valence-corrected chi connectivity index (χ0v) is 10.5. The highest BCUT2D eigenvalue weighted by molar-refractivity contribution is 6.29. The Balaban J connectivity index is 2.80. The van der Waals surface area contributed by atoms with E-state index >= 15 is 0 Å². The third-order valence-electron chi connectivity index (χ3n) is 2.15. The Hall–Kier alpha value is -0.830. The average molecular weight is 228 g/mol. The topological polar surface area (TPSA) is 37.8 Å². The van der Waals surface area contributed by atoms with Gasteiger partial charge in [0.1, 0.15) is 16.8 Å². The minimum absolute atomic E-state index is 0.0405. The molecule has 1 N–H and O–H groups in total. The molecule has 1 aromatic rings. The molecule has 15 heavy (non-hydrogen) atoms.